The Labute approximate surface area is 126 Å². The van der Waals surface area contributed by atoms with Gasteiger partial charge in [-0.15, -0.1) is 0 Å². The lowest BCUT2D eigenvalue weighted by Crippen LogP contribution is -2.46. The molecule has 1 atom stereocenters. The number of carbonyl (C=O) groups is 3. The molecule has 0 saturated carbocycles. The molecule has 1 aliphatic rings. The normalized spacial score (nSPS) is 16.5. The summed E-state index contributed by atoms with van der Waals surface area (Å²) in [5.41, 5.74) is -0.549. The second kappa shape index (κ2) is 7.43. The van der Waals surface area contributed by atoms with Gasteiger partial charge in [-0.05, 0) is 40.5 Å². The molecule has 0 aromatic carbocycles. The van der Waals surface area contributed by atoms with Crippen molar-refractivity contribution >= 4 is 17.8 Å². The summed E-state index contributed by atoms with van der Waals surface area (Å²) < 4.78 is 5.13. The second-order valence-electron chi connectivity index (χ2n) is 6.41. The molecule has 0 aliphatic carbocycles. The Morgan fingerprint density at radius 3 is 2.24 bits per heavy atom. The molecule has 0 aromatic heterocycles. The molecule has 1 fully saturated rings. The average Bonchev–Trinajstić information content (AvgIpc) is 2.87. The highest BCUT2D eigenvalue weighted by Crippen LogP contribution is 2.10. The van der Waals surface area contributed by atoms with Crippen LogP contribution in [0.2, 0.25) is 0 Å². The highest BCUT2D eigenvalue weighted by atomic mass is 16.6. The molecule has 1 saturated heterocycles. The van der Waals surface area contributed by atoms with Crippen LogP contribution in [-0.2, 0) is 19.1 Å². The number of likely N-dealkylation sites (tertiary alicyclic amines) is 1. The zero-order chi connectivity index (χ0) is 16.0. The maximum atomic E-state index is 12.0. The van der Waals surface area contributed by atoms with Crippen LogP contribution in [-0.4, -0.2) is 47.4 Å². The van der Waals surface area contributed by atoms with Crippen LogP contribution in [0.5, 0.6) is 0 Å². The zero-order valence-corrected chi connectivity index (χ0v) is 13.4. The van der Waals surface area contributed by atoms with Crippen molar-refractivity contribution in [1.82, 2.24) is 10.2 Å². The van der Waals surface area contributed by atoms with E-state index in [4.69, 9.17) is 4.74 Å². The predicted octanol–water partition coefficient (Wildman–Crippen LogP) is 1.24. The van der Waals surface area contributed by atoms with Gasteiger partial charge in [0.25, 0.3) is 0 Å². The van der Waals surface area contributed by atoms with E-state index in [2.05, 4.69) is 5.32 Å². The van der Waals surface area contributed by atoms with Crippen molar-refractivity contribution in [2.75, 3.05) is 13.1 Å². The highest BCUT2D eigenvalue weighted by Gasteiger charge is 2.24. The molecule has 1 N–H and O–H groups in total. The number of carbonyl (C=O) groups excluding carboxylic acids is 3. The number of esters is 1. The Kier molecular flexibility index (Phi) is 6.18. The molecule has 120 valence electrons. The number of ether oxygens (including phenoxy) is 1. The van der Waals surface area contributed by atoms with E-state index in [9.17, 15) is 14.4 Å². The first-order chi connectivity index (χ1) is 9.69. The molecule has 6 heteroatoms. The highest BCUT2D eigenvalue weighted by molar-refractivity contribution is 5.88. The molecular weight excluding hydrogens is 272 g/mol. The quantitative estimate of drug-likeness (QED) is 0.775. The molecule has 21 heavy (non-hydrogen) atoms. The largest absolute Gasteiger partial charge is 0.460 e. The van der Waals surface area contributed by atoms with Crippen LogP contribution in [0, 0.1) is 0 Å². The van der Waals surface area contributed by atoms with Gasteiger partial charge in [0.2, 0.25) is 11.8 Å². The fourth-order valence-corrected chi connectivity index (χ4v) is 2.19. The van der Waals surface area contributed by atoms with Crippen molar-refractivity contribution in [3.63, 3.8) is 0 Å². The Hall–Kier alpha value is -1.59. The lowest BCUT2D eigenvalue weighted by molar-refractivity contribution is -0.155. The van der Waals surface area contributed by atoms with Crippen LogP contribution in [0.4, 0.5) is 0 Å². The molecular formula is C15H26N2O4. The third kappa shape index (κ3) is 6.60. The summed E-state index contributed by atoms with van der Waals surface area (Å²) in [7, 11) is 0. The summed E-state index contributed by atoms with van der Waals surface area (Å²) in [5.74, 6) is -0.768. The SMILES string of the molecule is CC(NC(=O)CCC(=O)OC(C)(C)C)C(=O)N1CCCC1. The van der Waals surface area contributed by atoms with Crippen molar-refractivity contribution < 1.29 is 19.1 Å². The van der Waals surface area contributed by atoms with Crippen LogP contribution in [0.25, 0.3) is 0 Å². The minimum Gasteiger partial charge on any atom is -0.460 e. The summed E-state index contributed by atoms with van der Waals surface area (Å²) >= 11 is 0. The first-order valence-corrected chi connectivity index (χ1v) is 7.49. The van der Waals surface area contributed by atoms with E-state index in [0.29, 0.717) is 0 Å². The molecule has 0 spiro atoms. The summed E-state index contributed by atoms with van der Waals surface area (Å²) in [6, 6.07) is -0.547. The van der Waals surface area contributed by atoms with Gasteiger partial charge in [-0.1, -0.05) is 0 Å². The fourth-order valence-electron chi connectivity index (χ4n) is 2.19. The number of nitrogens with one attached hydrogen (secondary N) is 1. The number of hydrogen-bond donors (Lipinski definition) is 1. The molecule has 0 radical (unpaired) electrons. The van der Waals surface area contributed by atoms with E-state index in [0.717, 1.165) is 25.9 Å². The smallest absolute Gasteiger partial charge is 0.306 e. The van der Waals surface area contributed by atoms with Crippen LogP contribution in [0.3, 0.4) is 0 Å². The Bertz CT molecular complexity index is 395. The number of hydrogen-bond acceptors (Lipinski definition) is 4. The topological polar surface area (TPSA) is 75.7 Å². The molecule has 1 aliphatic heterocycles. The monoisotopic (exact) mass is 298 g/mol. The van der Waals surface area contributed by atoms with Gasteiger partial charge in [0, 0.05) is 19.5 Å². The van der Waals surface area contributed by atoms with Gasteiger partial charge >= 0.3 is 5.97 Å². The second-order valence-corrected chi connectivity index (χ2v) is 6.41. The van der Waals surface area contributed by atoms with Crippen molar-refractivity contribution in [1.29, 1.82) is 0 Å². The van der Waals surface area contributed by atoms with Gasteiger partial charge in [-0.3, -0.25) is 14.4 Å². The third-order valence-electron chi connectivity index (χ3n) is 3.14. The molecule has 2 amide bonds. The van der Waals surface area contributed by atoms with Crippen molar-refractivity contribution in [3.05, 3.63) is 0 Å². The van der Waals surface area contributed by atoms with Gasteiger partial charge in [0.05, 0.1) is 6.42 Å². The summed E-state index contributed by atoms with van der Waals surface area (Å²) in [6.45, 7) is 8.53. The molecule has 1 rings (SSSR count). The van der Waals surface area contributed by atoms with Crippen LogP contribution >= 0.6 is 0 Å². The van der Waals surface area contributed by atoms with Crippen LogP contribution in [0.15, 0.2) is 0 Å². The molecule has 0 bridgehead atoms. The van der Waals surface area contributed by atoms with Gasteiger partial charge in [-0.25, -0.2) is 0 Å². The van der Waals surface area contributed by atoms with Gasteiger partial charge in [0.1, 0.15) is 11.6 Å². The zero-order valence-electron chi connectivity index (χ0n) is 13.4. The first-order valence-electron chi connectivity index (χ1n) is 7.49. The van der Waals surface area contributed by atoms with E-state index in [1.807, 2.05) is 0 Å². The van der Waals surface area contributed by atoms with Crippen molar-refractivity contribution in [3.8, 4) is 0 Å². The average molecular weight is 298 g/mol. The Morgan fingerprint density at radius 2 is 1.71 bits per heavy atom. The van der Waals surface area contributed by atoms with E-state index in [1.165, 1.54) is 0 Å². The van der Waals surface area contributed by atoms with E-state index < -0.39 is 17.6 Å². The molecule has 1 heterocycles. The lowest BCUT2D eigenvalue weighted by Gasteiger charge is -2.21. The van der Waals surface area contributed by atoms with Crippen LogP contribution < -0.4 is 5.32 Å². The van der Waals surface area contributed by atoms with E-state index >= 15 is 0 Å². The maximum absolute atomic E-state index is 12.0. The lowest BCUT2D eigenvalue weighted by atomic mass is 10.2. The minimum atomic E-state index is -0.549. The molecule has 6 nitrogen and oxygen atoms in total. The van der Waals surface area contributed by atoms with Gasteiger partial charge in [0.15, 0.2) is 0 Å². The molecule has 0 aromatic rings. The third-order valence-corrected chi connectivity index (χ3v) is 3.14. The maximum Gasteiger partial charge on any atom is 0.306 e. The van der Waals surface area contributed by atoms with Crippen molar-refractivity contribution in [2.45, 2.75) is 65.0 Å². The van der Waals surface area contributed by atoms with E-state index in [1.54, 1.807) is 32.6 Å². The van der Waals surface area contributed by atoms with Crippen LogP contribution in [0.1, 0.15) is 53.4 Å². The minimum absolute atomic E-state index is 0.0216. The van der Waals surface area contributed by atoms with Gasteiger partial charge in [-0.2, -0.15) is 0 Å². The standard InChI is InChI=1S/C15H26N2O4/c1-11(14(20)17-9-5-6-10-17)16-12(18)7-8-13(19)21-15(2,3)4/h11H,5-10H2,1-4H3,(H,16,18). The summed E-state index contributed by atoms with van der Waals surface area (Å²) in [6.07, 6.45) is 2.09. The summed E-state index contributed by atoms with van der Waals surface area (Å²) in [5, 5.41) is 2.64. The van der Waals surface area contributed by atoms with Crippen molar-refractivity contribution in [2.24, 2.45) is 0 Å². The molecule has 1 unspecified atom stereocenters. The van der Waals surface area contributed by atoms with Gasteiger partial charge < -0.3 is 15.0 Å². The van der Waals surface area contributed by atoms with E-state index in [-0.39, 0.29) is 24.7 Å². The first kappa shape index (κ1) is 17.5. The number of amides is 2. The Balaban J connectivity index is 2.29. The number of nitrogens with zero attached hydrogens (tertiary/aromatic N) is 1. The number of rotatable bonds is 5. The fraction of sp³-hybridized carbons (Fsp3) is 0.800. The Morgan fingerprint density at radius 1 is 1.14 bits per heavy atom. The predicted molar refractivity (Wildman–Crippen MR) is 78.5 cm³/mol. The summed E-state index contributed by atoms with van der Waals surface area (Å²) in [4.78, 5) is 37.1.